The van der Waals surface area contributed by atoms with E-state index in [2.05, 4.69) is 153 Å². The third kappa shape index (κ3) is 3.94. The van der Waals surface area contributed by atoms with E-state index < -0.39 is 0 Å². The van der Waals surface area contributed by atoms with E-state index in [9.17, 15) is 0 Å². The average molecular weight is 581 g/mol. The van der Waals surface area contributed by atoms with Crippen LogP contribution in [0.25, 0.3) is 81.3 Å². The largest absolute Gasteiger partial charge is 0.309 e. The Hall–Kier alpha value is -5.65. The maximum Gasteiger partial charge on any atom is 0.162 e. The highest BCUT2D eigenvalue weighted by Crippen LogP contribution is 2.44. The molecule has 3 aromatic heterocycles. The lowest BCUT2D eigenvalue weighted by atomic mass is 9.98. The monoisotopic (exact) mass is 580 g/mol. The second-order valence-electron chi connectivity index (χ2n) is 11.0. The summed E-state index contributed by atoms with van der Waals surface area (Å²) in [6.07, 6.45) is 3.10. The zero-order valence-electron chi connectivity index (χ0n) is 23.6. The lowest BCUT2D eigenvalue weighted by Gasteiger charge is -2.08. The van der Waals surface area contributed by atoms with Crippen LogP contribution in [0.2, 0.25) is 0 Å². The average Bonchev–Trinajstić information content (AvgIpc) is 3.64. The fraction of sp³-hybridized carbons (Fsp3) is 0. The summed E-state index contributed by atoms with van der Waals surface area (Å²) in [5.74, 6) is 0.669. The summed E-state index contributed by atoms with van der Waals surface area (Å²) in [7, 11) is 0. The Morgan fingerprint density at radius 1 is 0.477 bits per heavy atom. The van der Waals surface area contributed by atoms with Gasteiger partial charge in [0.15, 0.2) is 5.82 Å². The molecule has 9 rings (SSSR count). The Bertz CT molecular complexity index is 2480. The third-order valence-electron chi connectivity index (χ3n) is 8.44. The van der Waals surface area contributed by atoms with Crippen molar-refractivity contribution >= 4 is 53.3 Å². The van der Waals surface area contributed by atoms with E-state index in [1.807, 2.05) is 11.3 Å². The number of hydrogen-bond acceptors (Lipinski definition) is 4. The van der Waals surface area contributed by atoms with Crippen molar-refractivity contribution in [2.24, 2.45) is 0 Å². The molecular weight excluding hydrogens is 557 g/mol. The Labute approximate surface area is 257 Å². The van der Waals surface area contributed by atoms with Crippen LogP contribution in [0.3, 0.4) is 0 Å². The van der Waals surface area contributed by atoms with E-state index in [-0.39, 0.29) is 0 Å². The number of fused-ring (bicyclic) bond motifs is 7. The normalized spacial score (nSPS) is 11.6. The zero-order chi connectivity index (χ0) is 29.0. The SMILES string of the molecule is c1ccc(-c2cccc(-c3ccc4sc5c(ccc6c5c5ccc(-c7ncncn7)cc5n6-c5ccccc5)c4c3)c2)cc1. The van der Waals surface area contributed by atoms with Gasteiger partial charge in [0.1, 0.15) is 12.7 Å². The molecule has 0 bridgehead atoms. The molecule has 206 valence electrons. The van der Waals surface area contributed by atoms with E-state index in [4.69, 9.17) is 0 Å². The van der Waals surface area contributed by atoms with Crippen molar-refractivity contribution in [1.29, 1.82) is 0 Å². The van der Waals surface area contributed by atoms with Crippen LogP contribution in [0, 0.1) is 0 Å². The summed E-state index contributed by atoms with van der Waals surface area (Å²) in [5.41, 5.74) is 9.32. The van der Waals surface area contributed by atoms with Crippen LogP contribution in [-0.4, -0.2) is 19.5 Å². The molecule has 3 heterocycles. The van der Waals surface area contributed by atoms with Gasteiger partial charge in [0, 0.05) is 42.2 Å². The predicted octanol–water partition coefficient (Wildman–Crippen LogP) is 10.3. The zero-order valence-corrected chi connectivity index (χ0v) is 24.4. The molecule has 0 spiro atoms. The second kappa shape index (κ2) is 9.97. The van der Waals surface area contributed by atoms with Gasteiger partial charge in [-0.2, -0.15) is 0 Å². The molecule has 0 N–H and O–H groups in total. The van der Waals surface area contributed by atoms with Crippen LogP contribution in [-0.2, 0) is 0 Å². The molecule has 0 unspecified atom stereocenters. The van der Waals surface area contributed by atoms with Gasteiger partial charge in [0.2, 0.25) is 0 Å². The van der Waals surface area contributed by atoms with E-state index >= 15 is 0 Å². The minimum atomic E-state index is 0.669. The molecule has 44 heavy (non-hydrogen) atoms. The highest BCUT2D eigenvalue weighted by atomic mass is 32.1. The van der Waals surface area contributed by atoms with E-state index in [0.29, 0.717) is 5.82 Å². The minimum Gasteiger partial charge on any atom is -0.309 e. The number of para-hydroxylation sites is 1. The molecule has 0 amide bonds. The number of aromatic nitrogens is 4. The van der Waals surface area contributed by atoms with Gasteiger partial charge in [-0.15, -0.1) is 11.3 Å². The molecule has 6 aromatic carbocycles. The Kier molecular flexibility index (Phi) is 5.64. The van der Waals surface area contributed by atoms with Crippen LogP contribution in [0.5, 0.6) is 0 Å². The number of thiophene rings is 1. The van der Waals surface area contributed by atoms with Gasteiger partial charge in [-0.1, -0.05) is 91.0 Å². The number of hydrogen-bond donors (Lipinski definition) is 0. The molecule has 0 aliphatic heterocycles. The maximum absolute atomic E-state index is 4.42. The summed E-state index contributed by atoms with van der Waals surface area (Å²) in [4.78, 5) is 12.8. The molecule has 5 heteroatoms. The van der Waals surface area contributed by atoms with Crippen LogP contribution in [0.15, 0.2) is 146 Å². The van der Waals surface area contributed by atoms with Gasteiger partial charge in [-0.05, 0) is 64.7 Å². The topological polar surface area (TPSA) is 43.6 Å². The van der Waals surface area contributed by atoms with Gasteiger partial charge >= 0.3 is 0 Å². The van der Waals surface area contributed by atoms with Crippen molar-refractivity contribution in [2.75, 3.05) is 0 Å². The number of nitrogens with zero attached hydrogens (tertiary/aromatic N) is 4. The van der Waals surface area contributed by atoms with Crippen molar-refractivity contribution in [3.05, 3.63) is 146 Å². The van der Waals surface area contributed by atoms with Gasteiger partial charge in [0.25, 0.3) is 0 Å². The Morgan fingerprint density at radius 3 is 1.98 bits per heavy atom. The first-order chi connectivity index (χ1) is 21.8. The van der Waals surface area contributed by atoms with Crippen molar-refractivity contribution in [3.63, 3.8) is 0 Å². The molecule has 0 saturated heterocycles. The quantitative estimate of drug-likeness (QED) is 0.208. The molecule has 0 atom stereocenters. The van der Waals surface area contributed by atoms with Gasteiger partial charge in [-0.25, -0.2) is 15.0 Å². The molecular formula is C39H24N4S. The van der Waals surface area contributed by atoms with Gasteiger partial charge in [-0.3, -0.25) is 0 Å². The van der Waals surface area contributed by atoms with Crippen LogP contribution < -0.4 is 0 Å². The summed E-state index contributed by atoms with van der Waals surface area (Å²) in [5, 5.41) is 5.07. The second-order valence-corrected chi connectivity index (χ2v) is 12.0. The molecule has 4 nitrogen and oxygen atoms in total. The van der Waals surface area contributed by atoms with Crippen LogP contribution in [0.1, 0.15) is 0 Å². The lowest BCUT2D eigenvalue weighted by molar-refractivity contribution is 1.06. The van der Waals surface area contributed by atoms with Crippen LogP contribution in [0.4, 0.5) is 0 Å². The minimum absolute atomic E-state index is 0.669. The first-order valence-electron chi connectivity index (χ1n) is 14.6. The summed E-state index contributed by atoms with van der Waals surface area (Å²) >= 11 is 1.87. The number of rotatable bonds is 4. The highest BCUT2D eigenvalue weighted by molar-refractivity contribution is 7.26. The van der Waals surface area contributed by atoms with Gasteiger partial charge in [0.05, 0.1) is 11.0 Å². The van der Waals surface area contributed by atoms with Crippen LogP contribution >= 0.6 is 11.3 Å². The first-order valence-corrected chi connectivity index (χ1v) is 15.4. The van der Waals surface area contributed by atoms with Gasteiger partial charge < -0.3 is 4.57 Å². The molecule has 0 aliphatic rings. The summed E-state index contributed by atoms with van der Waals surface area (Å²) in [6, 6.07) is 48.0. The molecule has 0 saturated carbocycles. The fourth-order valence-electron chi connectivity index (χ4n) is 6.41. The molecule has 9 aromatic rings. The standard InChI is InChI=1S/C39H24N4S/c1-3-8-25(9-4-1)26-10-7-11-27(20-26)28-15-19-36-33(21-28)31-17-18-34-37(38(31)44-36)32-16-14-29(39-41-23-40-24-42-39)22-35(32)43(34)30-12-5-2-6-13-30/h1-24H. The van der Waals surface area contributed by atoms with Crippen molar-refractivity contribution in [2.45, 2.75) is 0 Å². The predicted molar refractivity (Wildman–Crippen MR) is 183 cm³/mol. The van der Waals surface area contributed by atoms with Crippen molar-refractivity contribution < 1.29 is 0 Å². The van der Waals surface area contributed by atoms with Crippen molar-refractivity contribution in [3.8, 4) is 39.3 Å². The summed E-state index contributed by atoms with van der Waals surface area (Å²) in [6.45, 7) is 0. The van der Waals surface area contributed by atoms with E-state index in [1.165, 1.54) is 58.7 Å². The molecule has 0 fully saturated rings. The highest BCUT2D eigenvalue weighted by Gasteiger charge is 2.19. The molecule has 0 radical (unpaired) electrons. The third-order valence-corrected chi connectivity index (χ3v) is 9.64. The lowest BCUT2D eigenvalue weighted by Crippen LogP contribution is -1.94. The maximum atomic E-state index is 4.42. The number of benzene rings is 6. The fourth-order valence-corrected chi connectivity index (χ4v) is 7.64. The Balaban J connectivity index is 1.28. The Morgan fingerprint density at radius 2 is 1.16 bits per heavy atom. The smallest absolute Gasteiger partial charge is 0.162 e. The van der Waals surface area contributed by atoms with Crippen molar-refractivity contribution in [1.82, 2.24) is 19.5 Å². The first kappa shape index (κ1) is 24.9. The molecule has 0 aliphatic carbocycles. The van der Waals surface area contributed by atoms with E-state index in [1.54, 1.807) is 12.7 Å². The van der Waals surface area contributed by atoms with E-state index in [0.717, 1.165) is 16.8 Å². The summed E-state index contributed by atoms with van der Waals surface area (Å²) < 4.78 is 4.96.